The summed E-state index contributed by atoms with van der Waals surface area (Å²) in [6.45, 7) is 0. The van der Waals surface area contributed by atoms with Crippen LogP contribution in [0.25, 0.3) is 0 Å². The Morgan fingerprint density at radius 3 is 2.53 bits per heavy atom. The zero-order valence-corrected chi connectivity index (χ0v) is 19.5. The molecule has 4 aromatic rings. The van der Waals surface area contributed by atoms with Crippen LogP contribution >= 0.6 is 22.6 Å². The summed E-state index contributed by atoms with van der Waals surface area (Å²) in [6.07, 6.45) is 2.11. The lowest BCUT2D eigenvalue weighted by Gasteiger charge is -2.04. The zero-order valence-electron chi connectivity index (χ0n) is 17.3. The summed E-state index contributed by atoms with van der Waals surface area (Å²) in [6, 6.07) is 6.55. The van der Waals surface area contributed by atoms with E-state index < -0.39 is 40.8 Å². The molecule has 0 atom stereocenters. The second kappa shape index (κ2) is 10.4. The van der Waals surface area contributed by atoms with E-state index in [0.29, 0.717) is 5.69 Å². The summed E-state index contributed by atoms with van der Waals surface area (Å²) in [5.74, 6) is 0.335. The van der Waals surface area contributed by atoms with Gasteiger partial charge in [-0.2, -0.15) is 4.68 Å². The van der Waals surface area contributed by atoms with E-state index in [2.05, 4.69) is 57.5 Å². The Balaban J connectivity index is 1.59. The van der Waals surface area contributed by atoms with E-state index in [1.165, 1.54) is 12.3 Å². The fourth-order valence-electron chi connectivity index (χ4n) is 2.48. The molecule has 0 aliphatic heterocycles. The van der Waals surface area contributed by atoms with Crippen molar-refractivity contribution >= 4 is 34.5 Å². The summed E-state index contributed by atoms with van der Waals surface area (Å²) < 4.78 is 28.1. The molecule has 0 spiro atoms. The Morgan fingerprint density at radius 1 is 1.03 bits per heavy atom. The SMILES string of the molecule is O=C(O)c1[nH]nnc1Oc1cc(C#Cn2nnc(Oc3ccc(C#CI)nc3)c2C(=O)O)ncc1F. The third-order valence-electron chi connectivity index (χ3n) is 4.02. The highest BCUT2D eigenvalue weighted by molar-refractivity contribution is 14.1. The van der Waals surface area contributed by atoms with Crippen molar-refractivity contribution in [3.05, 3.63) is 59.2 Å². The van der Waals surface area contributed by atoms with Gasteiger partial charge in [-0.3, -0.25) is 0 Å². The van der Waals surface area contributed by atoms with E-state index in [4.69, 9.17) is 14.6 Å². The summed E-state index contributed by atoms with van der Waals surface area (Å²) in [4.78, 5) is 30.7. The van der Waals surface area contributed by atoms with Gasteiger partial charge >= 0.3 is 11.9 Å². The second-order valence-electron chi connectivity index (χ2n) is 6.30. The van der Waals surface area contributed by atoms with Crippen LogP contribution in [0.2, 0.25) is 0 Å². The van der Waals surface area contributed by atoms with Gasteiger partial charge in [-0.15, -0.1) is 0 Å². The Hall–Kier alpha value is -5.10. The van der Waals surface area contributed by atoms with Crippen molar-refractivity contribution in [3.8, 4) is 45.1 Å². The topological polar surface area (TPSA) is 191 Å². The molecule has 0 aromatic carbocycles. The molecule has 178 valence electrons. The van der Waals surface area contributed by atoms with Crippen LogP contribution in [0.4, 0.5) is 4.39 Å². The van der Waals surface area contributed by atoms with E-state index in [-0.39, 0.29) is 17.3 Å². The van der Waals surface area contributed by atoms with Gasteiger partial charge in [0, 0.05) is 34.7 Å². The molecule has 0 aliphatic carbocycles. The van der Waals surface area contributed by atoms with Gasteiger partial charge in [0.05, 0.1) is 12.4 Å². The first-order valence-corrected chi connectivity index (χ1v) is 10.4. The number of nitrogens with one attached hydrogen (secondary N) is 1. The number of carboxylic acids is 2. The van der Waals surface area contributed by atoms with Gasteiger partial charge in [0.1, 0.15) is 17.1 Å². The van der Waals surface area contributed by atoms with Crippen molar-refractivity contribution in [2.24, 2.45) is 0 Å². The predicted octanol–water partition coefficient (Wildman–Crippen LogP) is 1.91. The molecule has 0 aliphatic rings. The smallest absolute Gasteiger partial charge is 0.361 e. The maximum absolute atomic E-state index is 14.1. The summed E-state index contributed by atoms with van der Waals surface area (Å²) in [5.41, 5.74) is -0.575. The summed E-state index contributed by atoms with van der Waals surface area (Å²) in [5, 5.41) is 34.8. The van der Waals surface area contributed by atoms with Crippen molar-refractivity contribution in [2.75, 3.05) is 0 Å². The Kier molecular flexibility index (Phi) is 6.97. The normalized spacial score (nSPS) is 9.94. The molecule has 16 heteroatoms. The number of H-pyrrole nitrogens is 1. The summed E-state index contributed by atoms with van der Waals surface area (Å²) in [7, 11) is 0. The Labute approximate surface area is 212 Å². The van der Waals surface area contributed by atoms with Crippen molar-refractivity contribution in [3.63, 3.8) is 0 Å². The molecule has 14 nitrogen and oxygen atoms in total. The molecule has 3 N–H and O–H groups in total. The molecule has 0 unspecified atom stereocenters. The number of pyridine rings is 2. The van der Waals surface area contributed by atoms with Crippen molar-refractivity contribution in [1.82, 2.24) is 40.4 Å². The maximum atomic E-state index is 14.1. The molecule has 0 amide bonds. The van der Waals surface area contributed by atoms with Gasteiger partial charge in [-0.1, -0.05) is 15.4 Å². The van der Waals surface area contributed by atoms with Crippen molar-refractivity contribution in [1.29, 1.82) is 0 Å². The molecule has 0 saturated heterocycles. The molecule has 4 aromatic heterocycles. The number of hydrogen-bond acceptors (Lipinski definition) is 10. The highest BCUT2D eigenvalue weighted by Gasteiger charge is 2.22. The minimum atomic E-state index is -1.44. The number of aromatic amines is 1. The second-order valence-corrected chi connectivity index (χ2v) is 6.84. The van der Waals surface area contributed by atoms with Crippen LogP contribution in [0.3, 0.4) is 0 Å². The first-order chi connectivity index (χ1) is 17.4. The fraction of sp³-hybridized carbons (Fsp3) is 0. The highest BCUT2D eigenvalue weighted by atomic mass is 127. The highest BCUT2D eigenvalue weighted by Crippen LogP contribution is 2.25. The van der Waals surface area contributed by atoms with Gasteiger partial charge in [0.15, 0.2) is 11.6 Å². The van der Waals surface area contributed by atoms with E-state index >= 15 is 0 Å². The largest absolute Gasteiger partial charge is 0.476 e. The number of nitrogens with zero attached hydrogens (tertiary/aromatic N) is 7. The lowest BCUT2D eigenvalue weighted by Crippen LogP contribution is -2.07. The standard InChI is InChI=1S/C20H8FIN8O6/c21-13-9-24-11(7-14(13)36-17-15(19(31)32)25-28-26-17)4-6-30-16(20(33)34)18(27-29-30)35-12-2-1-10(3-5-22)23-8-12/h1-2,7-9H,(H,31,32)(H,33,34)(H,25,26,28). The van der Waals surface area contributed by atoms with Crippen LogP contribution < -0.4 is 9.47 Å². The van der Waals surface area contributed by atoms with Gasteiger partial charge < -0.3 is 19.7 Å². The predicted molar refractivity (Wildman–Crippen MR) is 122 cm³/mol. The molecular weight excluding hydrogens is 594 g/mol. The van der Waals surface area contributed by atoms with Crippen LogP contribution in [-0.4, -0.2) is 62.5 Å². The molecule has 0 bridgehead atoms. The van der Waals surface area contributed by atoms with Crippen molar-refractivity contribution < 1.29 is 33.7 Å². The minimum Gasteiger partial charge on any atom is -0.476 e. The van der Waals surface area contributed by atoms with Crippen LogP contribution in [-0.2, 0) is 0 Å². The molecular formula is C20H8FIN8O6. The first-order valence-electron chi connectivity index (χ1n) is 9.30. The van der Waals surface area contributed by atoms with Gasteiger partial charge in [0.25, 0.3) is 11.8 Å². The van der Waals surface area contributed by atoms with Gasteiger partial charge in [-0.05, 0) is 33.1 Å². The maximum Gasteiger partial charge on any atom is 0.361 e. The van der Waals surface area contributed by atoms with E-state index in [0.717, 1.165) is 16.9 Å². The number of carbonyl (C=O) groups is 2. The van der Waals surface area contributed by atoms with Gasteiger partial charge in [-0.25, -0.2) is 29.0 Å². The molecule has 0 radical (unpaired) electrons. The van der Waals surface area contributed by atoms with Gasteiger partial charge in [0.2, 0.25) is 11.4 Å². The first kappa shape index (κ1) is 24.0. The third kappa shape index (κ3) is 5.34. The van der Waals surface area contributed by atoms with Crippen LogP contribution in [0, 0.1) is 27.6 Å². The van der Waals surface area contributed by atoms with E-state index in [1.54, 1.807) is 6.07 Å². The van der Waals surface area contributed by atoms with E-state index in [1.807, 2.05) is 22.6 Å². The monoisotopic (exact) mass is 602 g/mol. The number of aromatic nitrogens is 8. The average molecular weight is 602 g/mol. The Bertz CT molecular complexity index is 1600. The minimum absolute atomic E-state index is 0.0720. The molecule has 0 fully saturated rings. The fourth-order valence-corrected chi connectivity index (χ4v) is 2.76. The van der Waals surface area contributed by atoms with E-state index in [9.17, 15) is 19.1 Å². The molecule has 4 rings (SSSR count). The zero-order chi connectivity index (χ0) is 25.7. The van der Waals surface area contributed by atoms with Crippen LogP contribution in [0.5, 0.6) is 23.3 Å². The van der Waals surface area contributed by atoms with Crippen molar-refractivity contribution in [2.45, 2.75) is 0 Å². The van der Waals surface area contributed by atoms with Crippen LogP contribution in [0.15, 0.2) is 30.6 Å². The van der Waals surface area contributed by atoms with Crippen LogP contribution in [0.1, 0.15) is 32.4 Å². The molecule has 0 saturated carbocycles. The quantitative estimate of drug-likeness (QED) is 0.215. The number of halogens is 2. The molecule has 4 heterocycles. The number of rotatable bonds is 6. The lowest BCUT2D eigenvalue weighted by molar-refractivity contribution is 0.0674. The number of ether oxygens (including phenoxy) is 2. The summed E-state index contributed by atoms with van der Waals surface area (Å²) >= 11 is 1.87. The Morgan fingerprint density at radius 2 is 1.83 bits per heavy atom. The third-order valence-corrected chi connectivity index (χ3v) is 4.28. The number of hydrogen-bond donors (Lipinski definition) is 3. The number of aromatic carboxylic acids is 2. The lowest BCUT2D eigenvalue weighted by atomic mass is 10.3. The average Bonchev–Trinajstić information content (AvgIpc) is 3.48. The number of carboxylic acid groups (broad SMARTS) is 2. The molecule has 36 heavy (non-hydrogen) atoms.